The van der Waals surface area contributed by atoms with Crippen LogP contribution in [0, 0.1) is 12.7 Å². The van der Waals surface area contributed by atoms with Gasteiger partial charge >= 0.3 is 6.61 Å². The van der Waals surface area contributed by atoms with Crippen LogP contribution in [-0.4, -0.2) is 32.5 Å². The molecule has 2 atom stereocenters. The Morgan fingerprint density at radius 1 is 1.17 bits per heavy atom. The van der Waals surface area contributed by atoms with E-state index in [0.29, 0.717) is 16.5 Å². The zero-order valence-corrected chi connectivity index (χ0v) is 15.9. The number of thioether (sulfide) groups is 1. The van der Waals surface area contributed by atoms with Crippen LogP contribution in [0.5, 0.6) is 5.75 Å². The highest BCUT2D eigenvalue weighted by atomic mass is 32.2. The van der Waals surface area contributed by atoms with Crippen LogP contribution in [0.4, 0.5) is 13.2 Å². The van der Waals surface area contributed by atoms with Crippen molar-refractivity contribution < 1.29 is 22.7 Å². The first-order valence-electron chi connectivity index (χ1n) is 8.63. The molecule has 1 aliphatic rings. The number of carbonyl (C=O) groups excluding carboxylic acids is 1. The average molecular weight is 420 g/mol. The molecule has 10 heteroatoms. The van der Waals surface area contributed by atoms with Crippen LogP contribution in [0.1, 0.15) is 27.8 Å². The second-order valence-corrected chi connectivity index (χ2v) is 7.41. The lowest BCUT2D eigenvalue weighted by Gasteiger charge is -2.33. The average Bonchev–Trinajstić information content (AvgIpc) is 3.07. The molecule has 150 valence electrons. The predicted octanol–water partition coefficient (Wildman–Crippen LogP) is 3.97. The van der Waals surface area contributed by atoms with Crippen molar-refractivity contribution in [3.05, 3.63) is 71.3 Å². The number of aromatic nitrogens is 3. The Hall–Kier alpha value is -3.01. The first-order valence-corrected chi connectivity index (χ1v) is 9.50. The smallest absolute Gasteiger partial charge is 0.387 e. The van der Waals surface area contributed by atoms with Crippen LogP contribution in [0.15, 0.2) is 53.7 Å². The van der Waals surface area contributed by atoms with Crippen molar-refractivity contribution in [2.45, 2.75) is 30.0 Å². The molecule has 3 aromatic rings. The summed E-state index contributed by atoms with van der Waals surface area (Å²) in [4.78, 5) is 13.2. The van der Waals surface area contributed by atoms with E-state index in [9.17, 15) is 18.0 Å². The normalized spacial score (nSPS) is 18.2. The number of nitrogens with zero attached hydrogens (tertiary/aromatic N) is 3. The van der Waals surface area contributed by atoms with Gasteiger partial charge in [-0.25, -0.2) is 9.07 Å². The fraction of sp³-hybridized carbons (Fsp3) is 0.211. The molecule has 0 amide bonds. The Bertz CT molecular complexity index is 1040. The van der Waals surface area contributed by atoms with Crippen molar-refractivity contribution in [2.75, 3.05) is 5.43 Å². The summed E-state index contributed by atoms with van der Waals surface area (Å²) >= 11 is 1.17. The third-order valence-electron chi connectivity index (χ3n) is 4.46. The van der Waals surface area contributed by atoms with E-state index in [1.165, 1.54) is 42.1 Å². The summed E-state index contributed by atoms with van der Waals surface area (Å²) in [5.74, 6) is -0.218. The molecule has 0 bridgehead atoms. The van der Waals surface area contributed by atoms with Gasteiger partial charge in [-0.1, -0.05) is 30.0 Å². The topological polar surface area (TPSA) is 69.0 Å². The quantitative estimate of drug-likeness (QED) is 0.630. The molecule has 0 unspecified atom stereocenters. The molecule has 0 fully saturated rings. The van der Waals surface area contributed by atoms with E-state index >= 15 is 0 Å². The molecule has 1 N–H and O–H groups in total. The lowest BCUT2D eigenvalue weighted by Crippen LogP contribution is -2.39. The van der Waals surface area contributed by atoms with Crippen LogP contribution in [0.3, 0.4) is 0 Å². The Balaban J connectivity index is 1.69. The molecule has 2 aromatic carbocycles. The number of alkyl halides is 2. The Kier molecular flexibility index (Phi) is 5.18. The lowest BCUT2D eigenvalue weighted by atomic mass is 9.97. The van der Waals surface area contributed by atoms with Gasteiger partial charge in [0.2, 0.25) is 5.16 Å². The number of ether oxygens (including phenoxy) is 1. The van der Waals surface area contributed by atoms with Crippen LogP contribution < -0.4 is 10.2 Å². The zero-order chi connectivity index (χ0) is 20.5. The summed E-state index contributed by atoms with van der Waals surface area (Å²) in [5, 5.41) is 7.77. The Morgan fingerprint density at radius 3 is 2.59 bits per heavy atom. The van der Waals surface area contributed by atoms with Crippen molar-refractivity contribution in [1.82, 2.24) is 14.9 Å². The van der Waals surface area contributed by atoms with Gasteiger partial charge in [-0.2, -0.15) is 8.78 Å². The molecule has 1 aromatic heterocycles. The van der Waals surface area contributed by atoms with E-state index < -0.39 is 23.7 Å². The van der Waals surface area contributed by atoms with Crippen molar-refractivity contribution in [3.8, 4) is 5.75 Å². The van der Waals surface area contributed by atoms with Crippen LogP contribution in [0.2, 0.25) is 0 Å². The number of benzene rings is 2. The largest absolute Gasteiger partial charge is 0.435 e. The minimum Gasteiger partial charge on any atom is -0.435 e. The van der Waals surface area contributed by atoms with Gasteiger partial charge in [0.25, 0.3) is 0 Å². The molecular formula is C19H15F3N4O2S. The van der Waals surface area contributed by atoms with Gasteiger partial charge in [-0.15, -0.1) is 10.2 Å². The molecule has 2 heterocycles. The molecular weight excluding hydrogens is 405 g/mol. The maximum absolute atomic E-state index is 14.5. The molecule has 0 saturated heterocycles. The first kappa shape index (κ1) is 19.3. The van der Waals surface area contributed by atoms with E-state index in [1.807, 2.05) is 0 Å². The van der Waals surface area contributed by atoms with Crippen LogP contribution >= 0.6 is 11.8 Å². The maximum Gasteiger partial charge on any atom is 0.387 e. The number of fused-ring (bicyclic) bond motifs is 1. The SMILES string of the molecule is Cc1nnc2n1N[C@@H](c1ccccc1F)[C@@H](C(=O)c1ccc(OC(F)F)cc1)S2. The number of halogens is 3. The third kappa shape index (κ3) is 3.80. The standard InChI is InChI=1S/C19H15F3N4O2S/c1-10-23-24-19-26(10)25-15(13-4-2-3-5-14(13)20)17(29-19)16(27)11-6-8-12(9-7-11)28-18(21)22/h2-9,15,17-18,25H,1H3/t15-,17-/m0/s1. The molecule has 0 spiro atoms. The van der Waals surface area contributed by atoms with E-state index in [4.69, 9.17) is 0 Å². The number of ketones is 1. The third-order valence-corrected chi connectivity index (χ3v) is 5.68. The summed E-state index contributed by atoms with van der Waals surface area (Å²) in [6, 6.07) is 10.9. The lowest BCUT2D eigenvalue weighted by molar-refractivity contribution is -0.0498. The number of hydrogen-bond donors (Lipinski definition) is 1. The monoisotopic (exact) mass is 420 g/mol. The van der Waals surface area contributed by atoms with Gasteiger partial charge < -0.3 is 10.2 Å². The Labute approximate surface area is 168 Å². The number of hydrogen-bond acceptors (Lipinski definition) is 6. The second-order valence-electron chi connectivity index (χ2n) is 6.30. The van der Waals surface area contributed by atoms with Gasteiger partial charge in [0.15, 0.2) is 5.78 Å². The molecule has 29 heavy (non-hydrogen) atoms. The number of nitrogens with one attached hydrogen (secondary N) is 1. The fourth-order valence-corrected chi connectivity index (χ4v) is 4.28. The van der Waals surface area contributed by atoms with Crippen LogP contribution in [-0.2, 0) is 0 Å². The predicted molar refractivity (Wildman–Crippen MR) is 100 cm³/mol. The minimum atomic E-state index is -2.95. The van der Waals surface area contributed by atoms with Gasteiger partial charge in [0.1, 0.15) is 22.6 Å². The number of Topliss-reactive ketones (excluding diaryl/α,β-unsaturated/α-hetero) is 1. The maximum atomic E-state index is 14.5. The van der Waals surface area contributed by atoms with Gasteiger partial charge in [0.05, 0.1) is 6.04 Å². The van der Waals surface area contributed by atoms with Crippen molar-refractivity contribution in [3.63, 3.8) is 0 Å². The highest BCUT2D eigenvalue weighted by Crippen LogP contribution is 2.39. The summed E-state index contributed by atoms with van der Waals surface area (Å²) < 4.78 is 45.1. The van der Waals surface area contributed by atoms with Gasteiger partial charge in [0, 0.05) is 11.1 Å². The minimum absolute atomic E-state index is 0.0491. The van der Waals surface area contributed by atoms with Gasteiger partial charge in [-0.3, -0.25) is 4.79 Å². The number of carbonyl (C=O) groups is 1. The number of aryl methyl sites for hydroxylation is 1. The van der Waals surface area contributed by atoms with E-state index in [0.717, 1.165) is 0 Å². The fourth-order valence-electron chi connectivity index (χ4n) is 3.09. The molecule has 0 aliphatic carbocycles. The molecule has 4 rings (SSSR count). The molecule has 0 radical (unpaired) electrons. The second kappa shape index (κ2) is 7.78. The highest BCUT2D eigenvalue weighted by molar-refractivity contribution is 8.00. The molecule has 1 aliphatic heterocycles. The van der Waals surface area contributed by atoms with Crippen molar-refractivity contribution in [2.24, 2.45) is 0 Å². The highest BCUT2D eigenvalue weighted by Gasteiger charge is 2.38. The van der Waals surface area contributed by atoms with E-state index in [1.54, 1.807) is 29.8 Å². The van der Waals surface area contributed by atoms with E-state index in [-0.39, 0.29) is 17.1 Å². The summed E-state index contributed by atoms with van der Waals surface area (Å²) in [6.45, 7) is -1.21. The Morgan fingerprint density at radius 2 is 1.90 bits per heavy atom. The first-order chi connectivity index (χ1) is 13.9. The summed E-state index contributed by atoms with van der Waals surface area (Å²) in [6.07, 6.45) is 0. The van der Waals surface area contributed by atoms with Gasteiger partial charge in [-0.05, 0) is 37.3 Å². The zero-order valence-electron chi connectivity index (χ0n) is 15.1. The van der Waals surface area contributed by atoms with Crippen molar-refractivity contribution >= 4 is 17.5 Å². The summed E-state index contributed by atoms with van der Waals surface area (Å²) in [7, 11) is 0. The van der Waals surface area contributed by atoms with Crippen molar-refractivity contribution in [1.29, 1.82) is 0 Å². The van der Waals surface area contributed by atoms with Crippen LogP contribution in [0.25, 0.3) is 0 Å². The summed E-state index contributed by atoms with van der Waals surface area (Å²) in [5.41, 5.74) is 3.74. The number of rotatable bonds is 5. The van der Waals surface area contributed by atoms with E-state index in [2.05, 4.69) is 20.4 Å². The molecule has 0 saturated carbocycles. The molecule has 6 nitrogen and oxygen atoms in total.